The number of nitrogens with zero attached hydrogens (tertiary/aromatic N) is 6. The Bertz CT molecular complexity index is 1060. The molecule has 0 atom stereocenters. The van der Waals surface area contributed by atoms with Crippen LogP contribution in [0.1, 0.15) is 18.5 Å². The number of anilines is 3. The Morgan fingerprint density at radius 2 is 2.15 bits per heavy atom. The fourth-order valence-corrected chi connectivity index (χ4v) is 3.20. The Hall–Kier alpha value is -3.23. The molecular weight excluding hydrogens is 346 g/mol. The molecule has 0 saturated heterocycles. The van der Waals surface area contributed by atoms with Gasteiger partial charge in [-0.25, -0.2) is 15.0 Å². The first-order chi connectivity index (χ1) is 13.1. The molecule has 0 aromatic carbocycles. The lowest BCUT2D eigenvalue weighted by molar-refractivity contribution is -0.121. The van der Waals surface area contributed by atoms with Gasteiger partial charge < -0.3 is 14.6 Å². The highest BCUT2D eigenvalue weighted by molar-refractivity contribution is 5.96. The summed E-state index contributed by atoms with van der Waals surface area (Å²) in [6, 6.07) is 1.80. The average molecular weight is 365 g/mol. The van der Waals surface area contributed by atoms with E-state index >= 15 is 0 Å². The van der Waals surface area contributed by atoms with E-state index in [0.717, 1.165) is 29.3 Å². The number of rotatable bonds is 4. The molecule has 1 aliphatic carbocycles. The lowest BCUT2D eigenvalue weighted by Crippen LogP contribution is -2.36. The SMILES string of the molecule is Cc1nc(Nc2cnc3c(c2)OCC(=O)N3C)nc2c1ncn2CC1CC1. The second-order valence-corrected chi connectivity index (χ2v) is 7.06. The maximum atomic E-state index is 11.7. The number of aryl methyl sites for hydroxylation is 1. The molecule has 9 nitrogen and oxygen atoms in total. The van der Waals surface area contributed by atoms with E-state index in [1.165, 1.54) is 17.7 Å². The Kier molecular flexibility index (Phi) is 3.49. The summed E-state index contributed by atoms with van der Waals surface area (Å²) in [7, 11) is 1.69. The van der Waals surface area contributed by atoms with Gasteiger partial charge >= 0.3 is 0 Å². The van der Waals surface area contributed by atoms with Crippen LogP contribution in [-0.2, 0) is 11.3 Å². The van der Waals surface area contributed by atoms with Gasteiger partial charge in [-0.1, -0.05) is 0 Å². The number of pyridine rings is 1. The Balaban J connectivity index is 1.46. The summed E-state index contributed by atoms with van der Waals surface area (Å²) in [6.45, 7) is 2.88. The summed E-state index contributed by atoms with van der Waals surface area (Å²) in [6.07, 6.45) is 6.02. The number of carbonyl (C=O) groups excluding carboxylic acids is 1. The first-order valence-electron chi connectivity index (χ1n) is 8.94. The van der Waals surface area contributed by atoms with Gasteiger partial charge in [0, 0.05) is 19.7 Å². The van der Waals surface area contributed by atoms with Crippen LogP contribution in [0.2, 0.25) is 0 Å². The number of aromatic nitrogens is 5. The summed E-state index contributed by atoms with van der Waals surface area (Å²) in [5, 5.41) is 3.19. The molecule has 9 heteroatoms. The van der Waals surface area contributed by atoms with Crippen LogP contribution in [0.25, 0.3) is 11.2 Å². The van der Waals surface area contributed by atoms with Crippen LogP contribution in [0.4, 0.5) is 17.5 Å². The molecule has 4 heterocycles. The van der Waals surface area contributed by atoms with E-state index in [9.17, 15) is 4.79 Å². The van der Waals surface area contributed by atoms with Crippen LogP contribution in [0.15, 0.2) is 18.6 Å². The van der Waals surface area contributed by atoms with E-state index in [0.29, 0.717) is 23.2 Å². The zero-order chi connectivity index (χ0) is 18.5. The maximum Gasteiger partial charge on any atom is 0.265 e. The Morgan fingerprint density at radius 3 is 2.96 bits per heavy atom. The highest BCUT2D eigenvalue weighted by Crippen LogP contribution is 2.33. The Labute approximate surface area is 155 Å². The molecule has 2 aliphatic rings. The van der Waals surface area contributed by atoms with Gasteiger partial charge in [0.2, 0.25) is 5.95 Å². The topological polar surface area (TPSA) is 98.1 Å². The normalized spacial score (nSPS) is 16.4. The molecule has 1 saturated carbocycles. The van der Waals surface area contributed by atoms with E-state index in [-0.39, 0.29) is 12.5 Å². The molecule has 0 radical (unpaired) electrons. The molecule has 0 bridgehead atoms. The predicted molar refractivity (Wildman–Crippen MR) is 99.2 cm³/mol. The summed E-state index contributed by atoms with van der Waals surface area (Å²) < 4.78 is 7.59. The van der Waals surface area contributed by atoms with Gasteiger partial charge in [0.05, 0.1) is 23.9 Å². The molecule has 3 aromatic heterocycles. The minimum atomic E-state index is -0.121. The molecule has 1 aliphatic heterocycles. The van der Waals surface area contributed by atoms with Crippen molar-refractivity contribution in [1.82, 2.24) is 24.5 Å². The number of nitrogens with one attached hydrogen (secondary N) is 1. The molecule has 0 spiro atoms. The molecule has 1 fully saturated rings. The molecule has 0 unspecified atom stereocenters. The van der Waals surface area contributed by atoms with Crippen molar-refractivity contribution in [2.75, 3.05) is 23.9 Å². The van der Waals surface area contributed by atoms with Gasteiger partial charge in [-0.2, -0.15) is 4.98 Å². The molecule has 1 amide bonds. The summed E-state index contributed by atoms with van der Waals surface area (Å²) in [5.41, 5.74) is 3.19. The molecule has 1 N–H and O–H groups in total. The van der Waals surface area contributed by atoms with Crippen LogP contribution >= 0.6 is 0 Å². The minimum Gasteiger partial charge on any atom is -0.480 e. The van der Waals surface area contributed by atoms with Gasteiger partial charge in [-0.15, -0.1) is 0 Å². The number of hydrogen-bond acceptors (Lipinski definition) is 7. The Morgan fingerprint density at radius 1 is 1.30 bits per heavy atom. The van der Waals surface area contributed by atoms with Crippen molar-refractivity contribution in [2.45, 2.75) is 26.3 Å². The van der Waals surface area contributed by atoms with Gasteiger partial charge in [0.25, 0.3) is 5.91 Å². The van der Waals surface area contributed by atoms with Gasteiger partial charge in [0.1, 0.15) is 5.52 Å². The fraction of sp³-hybridized carbons (Fsp3) is 0.389. The van der Waals surface area contributed by atoms with Crippen LogP contribution < -0.4 is 15.0 Å². The van der Waals surface area contributed by atoms with Gasteiger partial charge in [0.15, 0.2) is 23.8 Å². The number of carbonyl (C=O) groups is 1. The fourth-order valence-electron chi connectivity index (χ4n) is 3.20. The van der Waals surface area contributed by atoms with E-state index in [4.69, 9.17) is 4.74 Å². The second kappa shape index (κ2) is 5.90. The standard InChI is InChI=1S/C18H19N7O2/c1-10-15-17(25(9-20-15)7-11-3-4-11)23-18(21-10)22-12-5-13-16(19-6-12)24(2)14(26)8-27-13/h5-6,9,11H,3-4,7-8H2,1-2H3,(H,21,22,23). The predicted octanol–water partition coefficient (Wildman–Crippen LogP) is 2.04. The van der Waals surface area contributed by atoms with Crippen LogP contribution in [-0.4, -0.2) is 44.1 Å². The maximum absolute atomic E-state index is 11.7. The highest BCUT2D eigenvalue weighted by atomic mass is 16.5. The van der Waals surface area contributed by atoms with Crippen molar-refractivity contribution in [2.24, 2.45) is 5.92 Å². The lowest BCUT2D eigenvalue weighted by atomic mass is 10.3. The third-order valence-electron chi connectivity index (χ3n) is 4.92. The van der Waals surface area contributed by atoms with E-state index in [1.807, 2.05) is 13.3 Å². The van der Waals surface area contributed by atoms with Crippen molar-refractivity contribution in [1.29, 1.82) is 0 Å². The summed E-state index contributed by atoms with van der Waals surface area (Å²) in [5.74, 6) is 2.16. The lowest BCUT2D eigenvalue weighted by Gasteiger charge is -2.24. The first kappa shape index (κ1) is 16.0. The van der Waals surface area contributed by atoms with E-state index in [2.05, 4.69) is 29.8 Å². The first-order valence-corrected chi connectivity index (χ1v) is 8.94. The van der Waals surface area contributed by atoms with Gasteiger partial charge in [-0.05, 0) is 25.7 Å². The zero-order valence-corrected chi connectivity index (χ0v) is 15.1. The smallest absolute Gasteiger partial charge is 0.265 e. The number of amides is 1. The molecule has 3 aromatic rings. The third-order valence-corrected chi connectivity index (χ3v) is 4.92. The number of fused-ring (bicyclic) bond motifs is 2. The van der Waals surface area contributed by atoms with E-state index < -0.39 is 0 Å². The minimum absolute atomic E-state index is 0.0105. The summed E-state index contributed by atoms with van der Waals surface area (Å²) in [4.78, 5) is 31.2. The summed E-state index contributed by atoms with van der Waals surface area (Å²) >= 11 is 0. The van der Waals surface area contributed by atoms with E-state index in [1.54, 1.807) is 19.3 Å². The van der Waals surface area contributed by atoms with Crippen molar-refractivity contribution in [3.05, 3.63) is 24.3 Å². The largest absolute Gasteiger partial charge is 0.480 e. The van der Waals surface area contributed by atoms with Crippen molar-refractivity contribution >= 4 is 34.5 Å². The van der Waals surface area contributed by atoms with Crippen LogP contribution in [0.5, 0.6) is 5.75 Å². The number of likely N-dealkylation sites (N-methyl/N-ethyl adjacent to an activating group) is 1. The van der Waals surface area contributed by atoms with Gasteiger partial charge in [-0.3, -0.25) is 9.69 Å². The number of hydrogen-bond donors (Lipinski definition) is 1. The van der Waals surface area contributed by atoms with Crippen molar-refractivity contribution < 1.29 is 9.53 Å². The van der Waals surface area contributed by atoms with Crippen molar-refractivity contribution in [3.63, 3.8) is 0 Å². The third kappa shape index (κ3) is 2.84. The van der Waals surface area contributed by atoms with Crippen molar-refractivity contribution in [3.8, 4) is 5.75 Å². The monoisotopic (exact) mass is 365 g/mol. The quantitative estimate of drug-likeness (QED) is 0.755. The number of ether oxygens (including phenoxy) is 1. The van der Waals surface area contributed by atoms with Crippen LogP contribution in [0, 0.1) is 12.8 Å². The molecule has 27 heavy (non-hydrogen) atoms. The molecule has 138 valence electrons. The second-order valence-electron chi connectivity index (χ2n) is 7.06. The molecule has 5 rings (SSSR count). The number of imidazole rings is 1. The highest BCUT2D eigenvalue weighted by Gasteiger charge is 2.25. The average Bonchev–Trinajstić information content (AvgIpc) is 3.38. The zero-order valence-electron chi connectivity index (χ0n) is 15.1. The van der Waals surface area contributed by atoms with Crippen LogP contribution in [0.3, 0.4) is 0 Å². The molecular formula is C18H19N7O2.